The van der Waals surface area contributed by atoms with Gasteiger partial charge in [0.25, 0.3) is 0 Å². The van der Waals surface area contributed by atoms with Crippen LogP contribution in [0.15, 0.2) is 24.3 Å². The Bertz CT molecular complexity index is 336. The molecule has 1 rings (SSSR count). The van der Waals surface area contributed by atoms with E-state index in [0.717, 1.165) is 19.6 Å². The molecule has 2 nitrogen and oxygen atoms in total. The van der Waals surface area contributed by atoms with Gasteiger partial charge in [0.15, 0.2) is 0 Å². The second-order valence-corrected chi connectivity index (χ2v) is 5.02. The SMILES string of the molecule is CCNC(C)CCCN(CC)c1cccc(C)c1. The van der Waals surface area contributed by atoms with Crippen LogP contribution in [-0.4, -0.2) is 25.7 Å². The van der Waals surface area contributed by atoms with E-state index >= 15 is 0 Å². The lowest BCUT2D eigenvalue weighted by atomic mass is 10.1. The Morgan fingerprint density at radius 2 is 2.06 bits per heavy atom. The van der Waals surface area contributed by atoms with E-state index in [-0.39, 0.29) is 0 Å². The van der Waals surface area contributed by atoms with Crippen molar-refractivity contribution < 1.29 is 0 Å². The van der Waals surface area contributed by atoms with Crippen LogP contribution in [0, 0.1) is 6.92 Å². The van der Waals surface area contributed by atoms with Crippen LogP contribution < -0.4 is 10.2 Å². The van der Waals surface area contributed by atoms with Crippen LogP contribution in [-0.2, 0) is 0 Å². The summed E-state index contributed by atoms with van der Waals surface area (Å²) < 4.78 is 0. The van der Waals surface area contributed by atoms with E-state index < -0.39 is 0 Å². The van der Waals surface area contributed by atoms with Gasteiger partial charge in [-0.3, -0.25) is 0 Å². The number of benzene rings is 1. The number of aryl methyl sites for hydroxylation is 1. The number of nitrogens with one attached hydrogen (secondary N) is 1. The van der Waals surface area contributed by atoms with Crippen molar-refractivity contribution in [3.05, 3.63) is 29.8 Å². The highest BCUT2D eigenvalue weighted by molar-refractivity contribution is 5.48. The maximum absolute atomic E-state index is 3.47. The molecule has 1 unspecified atom stereocenters. The van der Waals surface area contributed by atoms with Gasteiger partial charge in [0.1, 0.15) is 0 Å². The van der Waals surface area contributed by atoms with Gasteiger partial charge >= 0.3 is 0 Å². The molecule has 0 aliphatic heterocycles. The predicted molar refractivity (Wildman–Crippen MR) is 81.4 cm³/mol. The zero-order valence-electron chi connectivity index (χ0n) is 12.4. The largest absolute Gasteiger partial charge is 0.372 e. The normalized spacial score (nSPS) is 12.4. The van der Waals surface area contributed by atoms with Crippen molar-refractivity contribution >= 4 is 5.69 Å². The summed E-state index contributed by atoms with van der Waals surface area (Å²) in [5.41, 5.74) is 2.69. The van der Waals surface area contributed by atoms with Gasteiger partial charge in [-0.05, 0) is 57.9 Å². The van der Waals surface area contributed by atoms with Gasteiger partial charge in [-0.15, -0.1) is 0 Å². The Balaban J connectivity index is 2.43. The minimum atomic E-state index is 0.631. The molecule has 0 saturated carbocycles. The highest BCUT2D eigenvalue weighted by Gasteiger charge is 2.05. The third-order valence-corrected chi connectivity index (χ3v) is 3.37. The average Bonchev–Trinajstić information content (AvgIpc) is 2.35. The molecule has 0 heterocycles. The lowest BCUT2D eigenvalue weighted by Crippen LogP contribution is -2.28. The molecule has 1 aromatic carbocycles. The number of hydrogen-bond acceptors (Lipinski definition) is 2. The van der Waals surface area contributed by atoms with Gasteiger partial charge < -0.3 is 10.2 Å². The van der Waals surface area contributed by atoms with Crippen molar-refractivity contribution in [2.75, 3.05) is 24.5 Å². The van der Waals surface area contributed by atoms with E-state index in [1.165, 1.54) is 24.1 Å². The van der Waals surface area contributed by atoms with Crippen LogP contribution in [0.2, 0.25) is 0 Å². The summed E-state index contributed by atoms with van der Waals surface area (Å²) in [7, 11) is 0. The van der Waals surface area contributed by atoms with Crippen LogP contribution in [0.4, 0.5) is 5.69 Å². The average molecular weight is 248 g/mol. The number of anilines is 1. The lowest BCUT2D eigenvalue weighted by molar-refractivity contribution is 0.511. The summed E-state index contributed by atoms with van der Waals surface area (Å²) in [6.07, 6.45) is 2.49. The summed E-state index contributed by atoms with van der Waals surface area (Å²) >= 11 is 0. The van der Waals surface area contributed by atoms with E-state index in [2.05, 4.69) is 62.2 Å². The molecule has 102 valence electrons. The summed E-state index contributed by atoms with van der Waals surface area (Å²) in [4.78, 5) is 2.46. The monoisotopic (exact) mass is 248 g/mol. The smallest absolute Gasteiger partial charge is 0.0368 e. The van der Waals surface area contributed by atoms with Crippen molar-refractivity contribution in [3.8, 4) is 0 Å². The van der Waals surface area contributed by atoms with Crippen LogP contribution in [0.3, 0.4) is 0 Å². The van der Waals surface area contributed by atoms with Crippen LogP contribution >= 0.6 is 0 Å². The van der Waals surface area contributed by atoms with Gasteiger partial charge in [0, 0.05) is 24.8 Å². The quantitative estimate of drug-likeness (QED) is 0.756. The summed E-state index contributed by atoms with van der Waals surface area (Å²) in [5, 5.41) is 3.47. The van der Waals surface area contributed by atoms with Gasteiger partial charge in [0.2, 0.25) is 0 Å². The molecule has 1 atom stereocenters. The molecule has 0 radical (unpaired) electrons. The van der Waals surface area contributed by atoms with Gasteiger partial charge in [-0.2, -0.15) is 0 Å². The minimum Gasteiger partial charge on any atom is -0.372 e. The zero-order chi connectivity index (χ0) is 13.4. The van der Waals surface area contributed by atoms with Crippen molar-refractivity contribution in [1.29, 1.82) is 0 Å². The highest BCUT2D eigenvalue weighted by atomic mass is 15.1. The Labute approximate surface area is 112 Å². The first-order valence-corrected chi connectivity index (χ1v) is 7.22. The first-order valence-electron chi connectivity index (χ1n) is 7.22. The molecule has 0 spiro atoms. The van der Waals surface area contributed by atoms with Crippen molar-refractivity contribution in [3.63, 3.8) is 0 Å². The summed E-state index contributed by atoms with van der Waals surface area (Å²) in [6, 6.07) is 9.42. The molecule has 0 aliphatic carbocycles. The molecule has 0 aromatic heterocycles. The number of hydrogen-bond donors (Lipinski definition) is 1. The Hall–Kier alpha value is -1.02. The Kier molecular flexibility index (Phi) is 6.81. The Morgan fingerprint density at radius 1 is 1.28 bits per heavy atom. The van der Waals surface area contributed by atoms with E-state index in [1.807, 2.05) is 0 Å². The maximum atomic E-state index is 3.47. The topological polar surface area (TPSA) is 15.3 Å². The van der Waals surface area contributed by atoms with E-state index in [0.29, 0.717) is 6.04 Å². The fourth-order valence-corrected chi connectivity index (χ4v) is 2.33. The van der Waals surface area contributed by atoms with Crippen LogP contribution in [0.25, 0.3) is 0 Å². The fourth-order valence-electron chi connectivity index (χ4n) is 2.33. The molecular weight excluding hydrogens is 220 g/mol. The van der Waals surface area contributed by atoms with Gasteiger partial charge in [-0.1, -0.05) is 19.1 Å². The van der Waals surface area contributed by atoms with Gasteiger partial charge in [0.05, 0.1) is 0 Å². The number of nitrogens with zero attached hydrogens (tertiary/aromatic N) is 1. The van der Waals surface area contributed by atoms with Crippen molar-refractivity contribution in [2.45, 2.75) is 46.6 Å². The molecular formula is C16H28N2. The molecule has 18 heavy (non-hydrogen) atoms. The first-order chi connectivity index (χ1) is 8.67. The highest BCUT2D eigenvalue weighted by Crippen LogP contribution is 2.16. The number of rotatable bonds is 8. The van der Waals surface area contributed by atoms with E-state index in [4.69, 9.17) is 0 Å². The molecule has 1 aromatic rings. The third-order valence-electron chi connectivity index (χ3n) is 3.37. The molecule has 0 saturated heterocycles. The summed E-state index contributed by atoms with van der Waals surface area (Å²) in [6.45, 7) is 12.1. The third kappa shape index (κ3) is 5.09. The van der Waals surface area contributed by atoms with Crippen molar-refractivity contribution in [2.24, 2.45) is 0 Å². The molecule has 2 heteroatoms. The predicted octanol–water partition coefficient (Wildman–Crippen LogP) is 3.60. The lowest BCUT2D eigenvalue weighted by Gasteiger charge is -2.24. The maximum Gasteiger partial charge on any atom is 0.0368 e. The molecule has 0 amide bonds. The van der Waals surface area contributed by atoms with E-state index in [9.17, 15) is 0 Å². The van der Waals surface area contributed by atoms with Gasteiger partial charge in [-0.25, -0.2) is 0 Å². The van der Waals surface area contributed by atoms with Crippen LogP contribution in [0.5, 0.6) is 0 Å². The van der Waals surface area contributed by atoms with Crippen LogP contribution in [0.1, 0.15) is 39.2 Å². The molecule has 0 fully saturated rings. The molecule has 1 N–H and O–H groups in total. The summed E-state index contributed by atoms with van der Waals surface area (Å²) in [5.74, 6) is 0. The zero-order valence-corrected chi connectivity index (χ0v) is 12.4. The second-order valence-electron chi connectivity index (χ2n) is 5.02. The fraction of sp³-hybridized carbons (Fsp3) is 0.625. The van der Waals surface area contributed by atoms with E-state index in [1.54, 1.807) is 0 Å². The standard InChI is InChI=1S/C16H28N2/c1-5-17-15(4)10-8-12-18(6-2)16-11-7-9-14(3)13-16/h7,9,11,13,15,17H,5-6,8,10,12H2,1-4H3. The molecule has 0 bridgehead atoms. The van der Waals surface area contributed by atoms with Crippen molar-refractivity contribution in [1.82, 2.24) is 5.32 Å². The Morgan fingerprint density at radius 3 is 2.67 bits per heavy atom. The molecule has 0 aliphatic rings. The first kappa shape index (κ1) is 15.0. The second kappa shape index (κ2) is 8.15. The minimum absolute atomic E-state index is 0.631.